The van der Waals surface area contributed by atoms with E-state index in [0.29, 0.717) is 6.54 Å². The van der Waals surface area contributed by atoms with Crippen LogP contribution in [0.15, 0.2) is 54.6 Å². The quantitative estimate of drug-likeness (QED) is 0.688. The van der Waals surface area contributed by atoms with Crippen molar-refractivity contribution in [3.8, 4) is 0 Å². The van der Waals surface area contributed by atoms with Gasteiger partial charge in [-0.05, 0) is 29.8 Å². The predicted octanol–water partition coefficient (Wildman–Crippen LogP) is 2.60. The van der Waals surface area contributed by atoms with E-state index in [0.717, 1.165) is 29.8 Å². The number of nitrogens with one attached hydrogen (secondary N) is 2. The number of nitrogens with zero attached hydrogens (tertiary/aromatic N) is 1. The van der Waals surface area contributed by atoms with Crippen LogP contribution in [0.4, 0.5) is 13.2 Å². The molecule has 0 saturated carbocycles. The third-order valence-electron chi connectivity index (χ3n) is 4.23. The summed E-state index contributed by atoms with van der Waals surface area (Å²) >= 11 is 0. The number of amides is 3. The van der Waals surface area contributed by atoms with E-state index in [1.807, 2.05) is 30.3 Å². The highest BCUT2D eigenvalue weighted by Crippen LogP contribution is 2.29. The Labute approximate surface area is 172 Å². The monoisotopic (exact) mass is 421 g/mol. The molecule has 0 heterocycles. The molecule has 0 unspecified atom stereocenters. The molecule has 2 rings (SSSR count). The van der Waals surface area contributed by atoms with Gasteiger partial charge in [0.15, 0.2) is 0 Å². The normalized spacial score (nSPS) is 10.9. The molecule has 0 spiro atoms. The van der Waals surface area contributed by atoms with Crippen LogP contribution in [-0.2, 0) is 22.3 Å². The lowest BCUT2D eigenvalue weighted by atomic mass is 10.1. The second kappa shape index (κ2) is 10.4. The van der Waals surface area contributed by atoms with Gasteiger partial charge in [-0.15, -0.1) is 0 Å². The van der Waals surface area contributed by atoms with Gasteiger partial charge in [-0.1, -0.05) is 30.3 Å². The summed E-state index contributed by atoms with van der Waals surface area (Å²) in [5.41, 5.74) is 0.135. The number of alkyl halides is 3. The van der Waals surface area contributed by atoms with Gasteiger partial charge >= 0.3 is 6.18 Å². The molecular formula is C21H22F3N3O3. The molecule has 2 aromatic rings. The number of carbonyl (C=O) groups excluding carboxylic acids is 3. The molecule has 30 heavy (non-hydrogen) atoms. The van der Waals surface area contributed by atoms with E-state index in [9.17, 15) is 27.6 Å². The van der Waals surface area contributed by atoms with Crippen molar-refractivity contribution < 1.29 is 27.6 Å². The Balaban J connectivity index is 1.69. The molecule has 6 nitrogen and oxygen atoms in total. The van der Waals surface area contributed by atoms with Gasteiger partial charge < -0.3 is 15.5 Å². The molecule has 0 aliphatic carbocycles. The van der Waals surface area contributed by atoms with Gasteiger partial charge in [0.2, 0.25) is 11.8 Å². The predicted molar refractivity (Wildman–Crippen MR) is 104 cm³/mol. The highest BCUT2D eigenvalue weighted by Gasteiger charge is 2.30. The second-order valence-electron chi connectivity index (χ2n) is 6.59. The topological polar surface area (TPSA) is 78.5 Å². The van der Waals surface area contributed by atoms with Gasteiger partial charge in [-0.3, -0.25) is 14.4 Å². The number of halogens is 3. The van der Waals surface area contributed by atoms with E-state index >= 15 is 0 Å². The van der Waals surface area contributed by atoms with Crippen molar-refractivity contribution in [2.24, 2.45) is 0 Å². The number of hydrogen-bond donors (Lipinski definition) is 2. The highest BCUT2D eigenvalue weighted by atomic mass is 19.4. The Kier molecular flexibility index (Phi) is 7.97. The van der Waals surface area contributed by atoms with Crippen molar-refractivity contribution in [3.63, 3.8) is 0 Å². The maximum absolute atomic E-state index is 12.5. The summed E-state index contributed by atoms with van der Waals surface area (Å²) in [6.45, 7) is 0.206. The zero-order valence-electron chi connectivity index (χ0n) is 16.3. The minimum Gasteiger partial charge on any atom is -0.354 e. The first-order chi connectivity index (χ1) is 14.2. The van der Waals surface area contributed by atoms with Crippen molar-refractivity contribution in [3.05, 3.63) is 71.3 Å². The minimum absolute atomic E-state index is 0.00788. The molecule has 2 N–H and O–H groups in total. The van der Waals surface area contributed by atoms with Crippen molar-refractivity contribution in [2.45, 2.75) is 19.1 Å². The maximum atomic E-state index is 12.5. The molecule has 0 aliphatic heterocycles. The molecule has 0 radical (unpaired) electrons. The van der Waals surface area contributed by atoms with E-state index in [1.165, 1.54) is 0 Å². The summed E-state index contributed by atoms with van der Waals surface area (Å²) in [7, 11) is 1.67. The number of rotatable bonds is 8. The summed E-state index contributed by atoms with van der Waals surface area (Å²) < 4.78 is 37.6. The van der Waals surface area contributed by atoms with Crippen LogP contribution >= 0.6 is 0 Å². The van der Waals surface area contributed by atoms with Gasteiger partial charge in [-0.2, -0.15) is 13.2 Å². The Bertz CT molecular complexity index is 869. The van der Waals surface area contributed by atoms with E-state index in [1.54, 1.807) is 11.9 Å². The summed E-state index contributed by atoms with van der Waals surface area (Å²) in [6, 6.07) is 13.1. The van der Waals surface area contributed by atoms with Crippen LogP contribution in [0.3, 0.4) is 0 Å². The zero-order valence-corrected chi connectivity index (χ0v) is 16.3. The lowest BCUT2D eigenvalue weighted by Crippen LogP contribution is -2.38. The van der Waals surface area contributed by atoms with Crippen LogP contribution in [0, 0.1) is 0 Å². The molecule has 0 fully saturated rings. The lowest BCUT2D eigenvalue weighted by molar-refractivity contribution is -0.137. The van der Waals surface area contributed by atoms with Crippen molar-refractivity contribution in [1.82, 2.24) is 15.5 Å². The van der Waals surface area contributed by atoms with Gasteiger partial charge in [0, 0.05) is 32.1 Å². The van der Waals surface area contributed by atoms with Crippen LogP contribution in [0.1, 0.15) is 27.9 Å². The standard InChI is InChI=1S/C21H22F3N3O3/c1-27(14-15-5-3-2-4-6-15)19(29)11-12-25-18(28)13-26-20(30)16-7-9-17(10-8-16)21(22,23)24/h2-10H,11-14H2,1H3,(H,25,28)(H,26,30). The first-order valence-corrected chi connectivity index (χ1v) is 9.17. The molecule has 0 saturated heterocycles. The first-order valence-electron chi connectivity index (χ1n) is 9.17. The summed E-state index contributed by atoms with van der Waals surface area (Å²) in [4.78, 5) is 37.4. The SMILES string of the molecule is CN(Cc1ccccc1)C(=O)CCNC(=O)CNC(=O)c1ccc(C(F)(F)F)cc1. The van der Waals surface area contributed by atoms with E-state index in [4.69, 9.17) is 0 Å². The van der Waals surface area contributed by atoms with Gasteiger partial charge in [0.25, 0.3) is 5.91 Å². The molecule has 0 aliphatic rings. The van der Waals surface area contributed by atoms with Crippen molar-refractivity contribution in [1.29, 1.82) is 0 Å². The van der Waals surface area contributed by atoms with Crippen LogP contribution in [-0.4, -0.2) is 42.8 Å². The number of benzene rings is 2. The summed E-state index contributed by atoms with van der Waals surface area (Å²) in [6.07, 6.45) is -4.39. The maximum Gasteiger partial charge on any atom is 0.416 e. The third-order valence-corrected chi connectivity index (χ3v) is 4.23. The Morgan fingerprint density at radius 2 is 1.57 bits per heavy atom. The Morgan fingerprint density at radius 3 is 2.17 bits per heavy atom. The molecular weight excluding hydrogens is 399 g/mol. The first kappa shape index (κ1) is 22.9. The summed E-state index contributed by atoms with van der Waals surface area (Å²) in [5.74, 6) is -1.32. The largest absolute Gasteiger partial charge is 0.416 e. The Morgan fingerprint density at radius 1 is 0.933 bits per heavy atom. The average molecular weight is 421 g/mol. The van der Waals surface area contributed by atoms with Crippen molar-refractivity contribution in [2.75, 3.05) is 20.1 Å². The van der Waals surface area contributed by atoms with E-state index in [-0.39, 0.29) is 31.0 Å². The molecule has 0 atom stereocenters. The molecule has 2 aromatic carbocycles. The van der Waals surface area contributed by atoms with E-state index < -0.39 is 23.6 Å². The molecule has 3 amide bonds. The molecule has 9 heteroatoms. The van der Waals surface area contributed by atoms with E-state index in [2.05, 4.69) is 10.6 Å². The fourth-order valence-corrected chi connectivity index (χ4v) is 2.58. The molecule has 0 bridgehead atoms. The van der Waals surface area contributed by atoms with Gasteiger partial charge in [-0.25, -0.2) is 0 Å². The fraction of sp³-hybridized carbons (Fsp3) is 0.286. The third kappa shape index (κ3) is 7.23. The van der Waals surface area contributed by atoms with Crippen LogP contribution in [0.2, 0.25) is 0 Å². The number of carbonyl (C=O) groups is 3. The van der Waals surface area contributed by atoms with Crippen LogP contribution < -0.4 is 10.6 Å². The minimum atomic E-state index is -4.48. The van der Waals surface area contributed by atoms with Crippen molar-refractivity contribution >= 4 is 17.7 Å². The Hall–Kier alpha value is -3.36. The summed E-state index contributed by atoms with van der Waals surface area (Å²) in [5, 5.41) is 4.84. The second-order valence-corrected chi connectivity index (χ2v) is 6.59. The average Bonchev–Trinajstić information content (AvgIpc) is 2.72. The van der Waals surface area contributed by atoms with Crippen LogP contribution in [0.25, 0.3) is 0 Å². The lowest BCUT2D eigenvalue weighted by Gasteiger charge is -2.17. The number of hydrogen-bond acceptors (Lipinski definition) is 3. The smallest absolute Gasteiger partial charge is 0.354 e. The highest BCUT2D eigenvalue weighted by molar-refractivity contribution is 5.96. The van der Waals surface area contributed by atoms with Gasteiger partial charge in [0.05, 0.1) is 12.1 Å². The fourth-order valence-electron chi connectivity index (χ4n) is 2.58. The van der Waals surface area contributed by atoms with Gasteiger partial charge in [0.1, 0.15) is 0 Å². The van der Waals surface area contributed by atoms with Crippen LogP contribution in [0.5, 0.6) is 0 Å². The molecule has 160 valence electrons. The zero-order chi connectivity index (χ0) is 22.1. The molecule has 0 aromatic heterocycles.